The van der Waals surface area contributed by atoms with Crippen molar-refractivity contribution in [2.45, 2.75) is 26.7 Å². The van der Waals surface area contributed by atoms with Gasteiger partial charge in [0.2, 0.25) is 0 Å². The van der Waals surface area contributed by atoms with E-state index < -0.39 is 5.41 Å². The van der Waals surface area contributed by atoms with Gasteiger partial charge in [0.25, 0.3) is 0 Å². The fraction of sp³-hybridized carbons (Fsp3) is 0.217. The maximum Gasteiger partial charge on any atom is 0.311 e. The summed E-state index contributed by atoms with van der Waals surface area (Å²) in [5.74, 6) is -0.778. The molecule has 0 radical (unpaired) electrons. The lowest BCUT2D eigenvalue weighted by molar-refractivity contribution is -0.143. The van der Waals surface area contributed by atoms with Crippen molar-refractivity contribution in [2.24, 2.45) is 5.41 Å². The topological polar surface area (TPSA) is 52.6 Å². The van der Waals surface area contributed by atoms with Crippen LogP contribution in [-0.4, -0.2) is 11.9 Å². The van der Waals surface area contributed by atoms with E-state index in [9.17, 15) is 9.59 Å². The molecule has 27 heavy (non-hydrogen) atoms. The lowest BCUT2D eigenvalue weighted by Gasteiger charge is -2.21. The van der Waals surface area contributed by atoms with Gasteiger partial charge in [-0.2, -0.15) is 0 Å². The summed E-state index contributed by atoms with van der Waals surface area (Å²) in [7, 11) is 0. The van der Waals surface area contributed by atoms with Crippen LogP contribution in [0.4, 0.5) is 0 Å². The second-order valence-electron chi connectivity index (χ2n) is 6.92. The molecule has 0 amide bonds. The highest BCUT2D eigenvalue weighted by atomic mass is 16.5. The molecule has 2 rings (SSSR count). The number of carbonyl (C=O) groups excluding carboxylic acids is 2. The van der Waals surface area contributed by atoms with Gasteiger partial charge in [0.05, 0.1) is 25.4 Å². The fourth-order valence-electron chi connectivity index (χ4n) is 2.43. The second-order valence-corrected chi connectivity index (χ2v) is 6.92. The summed E-state index contributed by atoms with van der Waals surface area (Å²) >= 11 is 0. The van der Waals surface area contributed by atoms with Gasteiger partial charge < -0.3 is 9.47 Å². The summed E-state index contributed by atoms with van der Waals surface area (Å²) in [6.07, 6.45) is 6.40. The molecule has 0 spiro atoms. The minimum Gasteiger partial charge on any atom is -0.434 e. The molecule has 2 aromatic rings. The Morgan fingerprint density at radius 3 is 1.48 bits per heavy atom. The zero-order chi connectivity index (χ0) is 19.5. The van der Waals surface area contributed by atoms with Crippen LogP contribution in [0.25, 0.3) is 12.2 Å². The van der Waals surface area contributed by atoms with Crippen molar-refractivity contribution < 1.29 is 19.1 Å². The van der Waals surface area contributed by atoms with Crippen LogP contribution in [-0.2, 0) is 19.1 Å². The summed E-state index contributed by atoms with van der Waals surface area (Å²) < 4.78 is 10.2. The van der Waals surface area contributed by atoms with E-state index in [4.69, 9.17) is 9.47 Å². The Balaban J connectivity index is 1.75. The van der Waals surface area contributed by atoms with Crippen molar-refractivity contribution in [2.75, 3.05) is 0 Å². The molecule has 0 aromatic heterocycles. The molecule has 140 valence electrons. The van der Waals surface area contributed by atoms with Gasteiger partial charge in [-0.3, -0.25) is 9.59 Å². The first-order valence-corrected chi connectivity index (χ1v) is 8.77. The van der Waals surface area contributed by atoms with Crippen LogP contribution in [0, 0.1) is 5.41 Å². The first kappa shape index (κ1) is 20.2. The quantitative estimate of drug-likeness (QED) is 0.476. The van der Waals surface area contributed by atoms with Gasteiger partial charge >= 0.3 is 11.9 Å². The molecule has 0 aliphatic rings. The van der Waals surface area contributed by atoms with E-state index in [0.717, 1.165) is 11.1 Å². The molecule has 0 saturated heterocycles. The summed E-state index contributed by atoms with van der Waals surface area (Å²) in [5, 5.41) is 0. The SMILES string of the molecule is CC(C)(CC(=O)O/C=C/c1ccccc1)CC(=O)O/C=C/c1ccccc1. The Bertz CT molecular complexity index is 722. The van der Waals surface area contributed by atoms with E-state index in [-0.39, 0.29) is 24.8 Å². The molecule has 0 fully saturated rings. The highest BCUT2D eigenvalue weighted by Crippen LogP contribution is 2.26. The molecule has 0 heterocycles. The van der Waals surface area contributed by atoms with Crippen molar-refractivity contribution >= 4 is 24.1 Å². The first-order chi connectivity index (χ1) is 12.9. The van der Waals surface area contributed by atoms with Gasteiger partial charge in [0, 0.05) is 0 Å². The smallest absolute Gasteiger partial charge is 0.311 e. The third kappa shape index (κ3) is 8.19. The average Bonchev–Trinajstić information content (AvgIpc) is 2.62. The highest BCUT2D eigenvalue weighted by molar-refractivity contribution is 5.75. The minimum absolute atomic E-state index is 0.115. The van der Waals surface area contributed by atoms with E-state index in [2.05, 4.69) is 0 Å². The van der Waals surface area contributed by atoms with Crippen molar-refractivity contribution in [3.63, 3.8) is 0 Å². The molecular formula is C23H24O4. The lowest BCUT2D eigenvalue weighted by atomic mass is 9.86. The van der Waals surface area contributed by atoms with Gasteiger partial charge in [-0.05, 0) is 28.7 Å². The van der Waals surface area contributed by atoms with E-state index in [1.54, 1.807) is 12.2 Å². The molecule has 0 aliphatic heterocycles. The van der Waals surface area contributed by atoms with Crippen LogP contribution in [0.5, 0.6) is 0 Å². The zero-order valence-electron chi connectivity index (χ0n) is 15.6. The van der Waals surface area contributed by atoms with Gasteiger partial charge in [0.15, 0.2) is 0 Å². The standard InChI is InChI=1S/C23H24O4/c1-23(2,17-21(24)26-15-13-19-9-5-3-6-10-19)18-22(25)27-16-14-20-11-7-4-8-12-20/h3-16H,17-18H2,1-2H3/b15-13+,16-14+. The average molecular weight is 364 g/mol. The van der Waals surface area contributed by atoms with E-state index in [0.29, 0.717) is 0 Å². The van der Waals surface area contributed by atoms with Gasteiger partial charge in [-0.15, -0.1) is 0 Å². The van der Waals surface area contributed by atoms with E-state index >= 15 is 0 Å². The molecule has 4 nitrogen and oxygen atoms in total. The fourth-order valence-corrected chi connectivity index (χ4v) is 2.43. The minimum atomic E-state index is -0.560. The third-order valence-electron chi connectivity index (χ3n) is 3.76. The molecule has 4 heteroatoms. The molecule has 0 aliphatic carbocycles. The normalized spacial score (nSPS) is 11.6. The van der Waals surface area contributed by atoms with Crippen LogP contribution < -0.4 is 0 Å². The zero-order valence-corrected chi connectivity index (χ0v) is 15.6. The predicted molar refractivity (Wildman–Crippen MR) is 106 cm³/mol. The number of benzene rings is 2. The van der Waals surface area contributed by atoms with Gasteiger partial charge in [0.1, 0.15) is 0 Å². The highest BCUT2D eigenvalue weighted by Gasteiger charge is 2.26. The molecule has 0 saturated carbocycles. The number of ether oxygens (including phenoxy) is 2. The summed E-state index contributed by atoms with van der Waals surface area (Å²) in [5.41, 5.74) is 1.33. The Morgan fingerprint density at radius 1 is 0.741 bits per heavy atom. The maximum absolute atomic E-state index is 12.0. The number of hydrogen-bond acceptors (Lipinski definition) is 4. The van der Waals surface area contributed by atoms with Crippen LogP contribution in [0.1, 0.15) is 37.8 Å². The summed E-state index contributed by atoms with van der Waals surface area (Å²) in [4.78, 5) is 24.0. The maximum atomic E-state index is 12.0. The number of rotatable bonds is 8. The summed E-state index contributed by atoms with van der Waals surface area (Å²) in [6.45, 7) is 3.66. The molecular weight excluding hydrogens is 340 g/mol. The Labute approximate surface area is 160 Å². The Kier molecular flexibility index (Phi) is 7.56. The Morgan fingerprint density at radius 2 is 1.11 bits per heavy atom. The van der Waals surface area contributed by atoms with Crippen LogP contribution in [0.3, 0.4) is 0 Å². The van der Waals surface area contributed by atoms with Gasteiger partial charge in [-0.25, -0.2) is 0 Å². The van der Waals surface area contributed by atoms with Crippen molar-refractivity contribution in [1.82, 2.24) is 0 Å². The van der Waals surface area contributed by atoms with Crippen molar-refractivity contribution in [1.29, 1.82) is 0 Å². The van der Waals surface area contributed by atoms with Gasteiger partial charge in [-0.1, -0.05) is 74.5 Å². The molecule has 2 aromatic carbocycles. The first-order valence-electron chi connectivity index (χ1n) is 8.77. The summed E-state index contributed by atoms with van der Waals surface area (Å²) in [6, 6.07) is 19.1. The second kappa shape index (κ2) is 10.1. The third-order valence-corrected chi connectivity index (χ3v) is 3.76. The monoisotopic (exact) mass is 364 g/mol. The number of hydrogen-bond donors (Lipinski definition) is 0. The Hall–Kier alpha value is -3.14. The van der Waals surface area contributed by atoms with Crippen molar-refractivity contribution in [3.05, 3.63) is 84.3 Å². The number of esters is 2. The largest absolute Gasteiger partial charge is 0.434 e. The predicted octanol–water partition coefficient (Wildman–Crippen LogP) is 5.22. The van der Waals surface area contributed by atoms with Crippen LogP contribution in [0.2, 0.25) is 0 Å². The molecule has 0 unspecified atom stereocenters. The molecule has 0 bridgehead atoms. The molecule has 0 N–H and O–H groups in total. The number of carbonyl (C=O) groups is 2. The van der Waals surface area contributed by atoms with E-state index in [1.807, 2.05) is 74.5 Å². The van der Waals surface area contributed by atoms with E-state index in [1.165, 1.54) is 12.5 Å². The van der Waals surface area contributed by atoms with Crippen LogP contribution in [0.15, 0.2) is 73.2 Å². The van der Waals surface area contributed by atoms with Crippen molar-refractivity contribution in [3.8, 4) is 0 Å². The molecule has 0 atom stereocenters. The van der Waals surface area contributed by atoms with Crippen LogP contribution >= 0.6 is 0 Å². The lowest BCUT2D eigenvalue weighted by Crippen LogP contribution is -2.22.